The molecule has 0 spiro atoms. The number of nitrogens with zero attached hydrogens (tertiary/aromatic N) is 6. The summed E-state index contributed by atoms with van der Waals surface area (Å²) in [5.41, 5.74) is 1.80. The minimum absolute atomic E-state index is 0.822. The van der Waals surface area contributed by atoms with Crippen LogP contribution in [0, 0.1) is 0 Å². The first-order valence-corrected chi connectivity index (χ1v) is 10.2. The molecular formula is C17H25N7S. The van der Waals surface area contributed by atoms with Crippen molar-refractivity contribution in [1.29, 1.82) is 0 Å². The second-order valence-corrected chi connectivity index (χ2v) is 7.69. The predicted molar refractivity (Wildman–Crippen MR) is 103 cm³/mol. The van der Waals surface area contributed by atoms with E-state index in [2.05, 4.69) is 32.0 Å². The van der Waals surface area contributed by atoms with Crippen LogP contribution < -0.4 is 15.1 Å². The van der Waals surface area contributed by atoms with Gasteiger partial charge < -0.3 is 15.1 Å². The van der Waals surface area contributed by atoms with E-state index in [1.165, 1.54) is 19.3 Å². The van der Waals surface area contributed by atoms with Crippen LogP contribution in [0.1, 0.15) is 26.2 Å². The van der Waals surface area contributed by atoms with Crippen LogP contribution >= 0.6 is 11.8 Å². The fraction of sp³-hybridized carbons (Fsp3) is 0.647. The maximum absolute atomic E-state index is 4.96. The van der Waals surface area contributed by atoms with Crippen LogP contribution in [-0.2, 0) is 0 Å². The molecule has 0 amide bonds. The molecule has 2 aliphatic rings. The second kappa shape index (κ2) is 7.70. The molecule has 7 nitrogen and oxygen atoms in total. The number of aromatic nitrogens is 4. The molecule has 2 saturated heterocycles. The Morgan fingerprint density at radius 2 is 1.76 bits per heavy atom. The first-order valence-electron chi connectivity index (χ1n) is 9.23. The maximum Gasteiger partial charge on any atom is 0.228 e. The van der Waals surface area contributed by atoms with Crippen LogP contribution in [-0.4, -0.2) is 65.0 Å². The van der Waals surface area contributed by atoms with Gasteiger partial charge in [0, 0.05) is 39.3 Å². The van der Waals surface area contributed by atoms with Crippen molar-refractivity contribution in [2.75, 3.05) is 54.8 Å². The molecule has 0 aromatic carbocycles. The fourth-order valence-electron chi connectivity index (χ4n) is 3.47. The molecule has 0 unspecified atom stereocenters. The third-order valence-corrected chi connectivity index (χ3v) is 5.62. The molecular weight excluding hydrogens is 334 g/mol. The molecule has 0 atom stereocenters. The van der Waals surface area contributed by atoms with Crippen molar-refractivity contribution in [3.63, 3.8) is 0 Å². The van der Waals surface area contributed by atoms with Gasteiger partial charge in [-0.3, -0.25) is 0 Å². The number of fused-ring (bicyclic) bond motifs is 1. The lowest BCUT2D eigenvalue weighted by Crippen LogP contribution is -2.44. The van der Waals surface area contributed by atoms with E-state index >= 15 is 0 Å². The van der Waals surface area contributed by atoms with Crippen molar-refractivity contribution in [3.05, 3.63) is 6.33 Å². The number of anilines is 2. The molecule has 2 fully saturated rings. The van der Waals surface area contributed by atoms with Crippen LogP contribution in [0.2, 0.25) is 0 Å². The van der Waals surface area contributed by atoms with Gasteiger partial charge in [-0.05, 0) is 25.0 Å². The molecule has 2 aliphatic heterocycles. The molecule has 0 aliphatic carbocycles. The molecule has 1 N–H and O–H groups in total. The summed E-state index contributed by atoms with van der Waals surface area (Å²) in [5, 5.41) is 4.36. The Bertz CT molecular complexity index is 726. The number of hydrogen-bond acceptors (Lipinski definition) is 8. The Labute approximate surface area is 152 Å². The van der Waals surface area contributed by atoms with E-state index in [4.69, 9.17) is 9.97 Å². The monoisotopic (exact) mass is 359 g/mol. The van der Waals surface area contributed by atoms with E-state index in [9.17, 15) is 0 Å². The maximum atomic E-state index is 4.96. The minimum Gasteiger partial charge on any atom is -0.355 e. The summed E-state index contributed by atoms with van der Waals surface area (Å²) in [6, 6.07) is 0. The summed E-state index contributed by atoms with van der Waals surface area (Å²) in [6.45, 7) is 8.07. The van der Waals surface area contributed by atoms with Gasteiger partial charge in [0.05, 0.1) is 0 Å². The first-order chi connectivity index (χ1) is 12.4. The van der Waals surface area contributed by atoms with Crippen LogP contribution in [0.4, 0.5) is 11.8 Å². The van der Waals surface area contributed by atoms with Gasteiger partial charge in [0.15, 0.2) is 5.82 Å². The van der Waals surface area contributed by atoms with Gasteiger partial charge in [0.2, 0.25) is 5.95 Å². The smallest absolute Gasteiger partial charge is 0.228 e. The molecule has 134 valence electrons. The van der Waals surface area contributed by atoms with E-state index in [1.54, 1.807) is 18.1 Å². The lowest BCUT2D eigenvalue weighted by Gasteiger charge is -2.31. The van der Waals surface area contributed by atoms with Crippen LogP contribution in [0.25, 0.3) is 11.0 Å². The van der Waals surface area contributed by atoms with Gasteiger partial charge in [-0.15, -0.1) is 11.8 Å². The summed E-state index contributed by atoms with van der Waals surface area (Å²) in [5.74, 6) is 2.78. The summed E-state index contributed by atoms with van der Waals surface area (Å²) < 4.78 is 0. The third-order valence-electron chi connectivity index (χ3n) is 4.75. The normalized spacial score (nSPS) is 18.8. The lowest BCUT2D eigenvalue weighted by atomic mass is 10.1. The van der Waals surface area contributed by atoms with E-state index in [-0.39, 0.29) is 0 Å². The molecule has 4 rings (SSSR count). The van der Waals surface area contributed by atoms with Crippen LogP contribution in [0.15, 0.2) is 11.4 Å². The Hall–Kier alpha value is -1.67. The summed E-state index contributed by atoms with van der Waals surface area (Å²) in [6.07, 6.45) is 5.39. The van der Waals surface area contributed by atoms with E-state index < -0.39 is 0 Å². The van der Waals surface area contributed by atoms with Gasteiger partial charge in [-0.2, -0.15) is 4.98 Å². The Morgan fingerprint density at radius 1 is 0.960 bits per heavy atom. The van der Waals surface area contributed by atoms with Crippen LogP contribution in [0.5, 0.6) is 0 Å². The summed E-state index contributed by atoms with van der Waals surface area (Å²) in [4.78, 5) is 23.6. The highest BCUT2D eigenvalue weighted by Crippen LogP contribution is 2.31. The molecule has 8 heteroatoms. The lowest BCUT2D eigenvalue weighted by molar-refractivity contribution is 0.568. The number of piperidine rings is 1. The van der Waals surface area contributed by atoms with Crippen molar-refractivity contribution in [3.8, 4) is 0 Å². The van der Waals surface area contributed by atoms with Crippen molar-refractivity contribution < 1.29 is 0 Å². The van der Waals surface area contributed by atoms with Crippen LogP contribution in [0.3, 0.4) is 0 Å². The van der Waals surface area contributed by atoms with Gasteiger partial charge in [0.25, 0.3) is 0 Å². The van der Waals surface area contributed by atoms with Gasteiger partial charge in [-0.1, -0.05) is 6.92 Å². The Kier molecular flexibility index (Phi) is 5.17. The first kappa shape index (κ1) is 16.8. The molecule has 2 aromatic heterocycles. The number of piperazine rings is 1. The standard InChI is InChI=1S/C17H25N7S/c1-2-25-16-14-13(19-12-20-16)15(23-8-4-3-5-9-23)22-17(21-14)24-10-6-18-7-11-24/h12,18H,2-11H2,1H3. The predicted octanol–water partition coefficient (Wildman–Crippen LogP) is 1.93. The molecule has 0 radical (unpaired) electrons. The number of thioether (sulfide) groups is 1. The second-order valence-electron chi connectivity index (χ2n) is 6.44. The van der Waals surface area contributed by atoms with Crippen molar-refractivity contribution in [2.45, 2.75) is 31.2 Å². The highest BCUT2D eigenvalue weighted by molar-refractivity contribution is 7.99. The van der Waals surface area contributed by atoms with Gasteiger partial charge in [0.1, 0.15) is 22.4 Å². The quantitative estimate of drug-likeness (QED) is 0.656. The summed E-state index contributed by atoms with van der Waals surface area (Å²) in [7, 11) is 0. The van der Waals surface area contributed by atoms with Crippen molar-refractivity contribution >= 4 is 34.6 Å². The highest BCUT2D eigenvalue weighted by atomic mass is 32.2. The number of nitrogens with one attached hydrogen (secondary N) is 1. The Balaban J connectivity index is 1.83. The zero-order chi connectivity index (χ0) is 17.1. The zero-order valence-corrected chi connectivity index (χ0v) is 15.6. The van der Waals surface area contributed by atoms with E-state index in [0.29, 0.717) is 0 Å². The van der Waals surface area contributed by atoms with Crippen molar-refractivity contribution in [2.24, 2.45) is 0 Å². The summed E-state index contributed by atoms with van der Waals surface area (Å²) >= 11 is 1.72. The topological polar surface area (TPSA) is 70.1 Å². The number of hydrogen-bond donors (Lipinski definition) is 1. The highest BCUT2D eigenvalue weighted by Gasteiger charge is 2.22. The molecule has 0 saturated carbocycles. The minimum atomic E-state index is 0.822. The molecule has 4 heterocycles. The van der Waals surface area contributed by atoms with Gasteiger partial charge in [-0.25, -0.2) is 15.0 Å². The average Bonchev–Trinajstić information content (AvgIpc) is 2.69. The average molecular weight is 360 g/mol. The van der Waals surface area contributed by atoms with E-state index in [0.717, 1.165) is 72.8 Å². The molecule has 25 heavy (non-hydrogen) atoms. The third kappa shape index (κ3) is 3.50. The number of rotatable bonds is 4. The van der Waals surface area contributed by atoms with Gasteiger partial charge >= 0.3 is 0 Å². The molecule has 0 bridgehead atoms. The largest absolute Gasteiger partial charge is 0.355 e. The van der Waals surface area contributed by atoms with E-state index in [1.807, 2.05) is 0 Å². The van der Waals surface area contributed by atoms with Crippen molar-refractivity contribution in [1.82, 2.24) is 25.3 Å². The SMILES string of the molecule is CCSc1ncnc2c(N3CCCCC3)nc(N3CCNCC3)nc12. The fourth-order valence-corrected chi connectivity index (χ4v) is 4.15. The zero-order valence-electron chi connectivity index (χ0n) is 14.7. The molecule has 2 aromatic rings. The Morgan fingerprint density at radius 3 is 2.52 bits per heavy atom.